The molecule has 0 spiro atoms. The zero-order valence-electron chi connectivity index (χ0n) is 16.4. The van der Waals surface area contributed by atoms with Gasteiger partial charge >= 0.3 is 12.1 Å². The van der Waals surface area contributed by atoms with E-state index in [0.29, 0.717) is 17.9 Å². The van der Waals surface area contributed by atoms with Crippen molar-refractivity contribution in [1.82, 2.24) is 5.32 Å². The molecule has 3 aromatic carbocycles. The predicted molar refractivity (Wildman–Crippen MR) is 112 cm³/mol. The number of carbonyl (C=O) groups excluding carboxylic acids is 1. The molecule has 1 amide bonds. The highest BCUT2D eigenvalue weighted by Crippen LogP contribution is 2.23. The van der Waals surface area contributed by atoms with Crippen molar-refractivity contribution in [3.05, 3.63) is 102 Å². The van der Waals surface area contributed by atoms with Gasteiger partial charge in [0.05, 0.1) is 12.5 Å². The number of carboxylic acids is 1. The van der Waals surface area contributed by atoms with Crippen molar-refractivity contribution < 1.29 is 24.2 Å². The minimum atomic E-state index is -1.03. The third kappa shape index (κ3) is 6.67. The van der Waals surface area contributed by atoms with Gasteiger partial charge in [0.1, 0.15) is 19.0 Å². The Labute approximate surface area is 175 Å². The first-order valence-electron chi connectivity index (χ1n) is 9.56. The Kier molecular flexibility index (Phi) is 7.44. The number of rotatable bonds is 9. The summed E-state index contributed by atoms with van der Waals surface area (Å²) in [6, 6.07) is 25.3. The van der Waals surface area contributed by atoms with Gasteiger partial charge in [0.25, 0.3) is 0 Å². The molecule has 0 saturated heterocycles. The van der Waals surface area contributed by atoms with Gasteiger partial charge in [0.2, 0.25) is 0 Å². The van der Waals surface area contributed by atoms with Crippen LogP contribution in [0.15, 0.2) is 84.9 Å². The minimum Gasteiger partial charge on any atom is -0.489 e. The molecular weight excluding hydrogens is 382 g/mol. The van der Waals surface area contributed by atoms with E-state index in [2.05, 4.69) is 5.32 Å². The molecule has 0 saturated carbocycles. The number of benzene rings is 3. The summed E-state index contributed by atoms with van der Waals surface area (Å²) in [5.74, 6) is -0.440. The topological polar surface area (TPSA) is 84.9 Å². The van der Waals surface area contributed by atoms with Gasteiger partial charge in [-0.1, -0.05) is 72.8 Å². The van der Waals surface area contributed by atoms with E-state index in [0.717, 1.165) is 11.1 Å². The number of carboxylic acid groups (broad SMARTS) is 1. The van der Waals surface area contributed by atoms with Crippen LogP contribution < -0.4 is 10.1 Å². The van der Waals surface area contributed by atoms with Crippen molar-refractivity contribution in [1.29, 1.82) is 0 Å². The van der Waals surface area contributed by atoms with Gasteiger partial charge in [0.15, 0.2) is 0 Å². The first-order valence-corrected chi connectivity index (χ1v) is 9.56. The van der Waals surface area contributed by atoms with Crippen LogP contribution in [-0.4, -0.2) is 17.2 Å². The summed E-state index contributed by atoms with van der Waals surface area (Å²) in [4.78, 5) is 23.5. The number of ether oxygens (including phenoxy) is 2. The average Bonchev–Trinajstić information content (AvgIpc) is 2.77. The van der Waals surface area contributed by atoms with Gasteiger partial charge in [0, 0.05) is 0 Å². The van der Waals surface area contributed by atoms with Crippen molar-refractivity contribution in [3.63, 3.8) is 0 Å². The number of amides is 1. The number of carbonyl (C=O) groups is 2. The highest BCUT2D eigenvalue weighted by molar-refractivity contribution is 5.72. The Morgan fingerprint density at radius 2 is 1.47 bits per heavy atom. The highest BCUT2D eigenvalue weighted by atomic mass is 16.5. The van der Waals surface area contributed by atoms with Crippen molar-refractivity contribution in [2.45, 2.75) is 25.7 Å². The lowest BCUT2D eigenvalue weighted by Gasteiger charge is -2.18. The van der Waals surface area contributed by atoms with Crippen LogP contribution in [0.5, 0.6) is 5.75 Å². The molecule has 0 heterocycles. The maximum Gasteiger partial charge on any atom is 0.407 e. The van der Waals surface area contributed by atoms with Crippen LogP contribution in [0.1, 0.15) is 29.2 Å². The number of hydrogen-bond acceptors (Lipinski definition) is 4. The summed E-state index contributed by atoms with van der Waals surface area (Å²) >= 11 is 0. The summed E-state index contributed by atoms with van der Waals surface area (Å²) in [5, 5.41) is 11.9. The molecule has 3 rings (SSSR count). The lowest BCUT2D eigenvalue weighted by atomic mass is 10.0. The molecule has 0 fully saturated rings. The van der Waals surface area contributed by atoms with E-state index >= 15 is 0 Å². The first kappa shape index (κ1) is 20.9. The van der Waals surface area contributed by atoms with Gasteiger partial charge in [-0.3, -0.25) is 4.79 Å². The van der Waals surface area contributed by atoms with Crippen LogP contribution in [0.3, 0.4) is 0 Å². The van der Waals surface area contributed by atoms with Gasteiger partial charge in [-0.2, -0.15) is 0 Å². The number of hydrogen-bond donors (Lipinski definition) is 2. The predicted octanol–water partition coefficient (Wildman–Crippen LogP) is 4.71. The highest BCUT2D eigenvalue weighted by Gasteiger charge is 2.19. The number of nitrogens with one attached hydrogen (secondary N) is 1. The van der Waals surface area contributed by atoms with E-state index in [1.165, 1.54) is 0 Å². The molecule has 6 heteroatoms. The summed E-state index contributed by atoms with van der Waals surface area (Å²) in [7, 11) is 0. The number of alkyl carbamates (subject to hydrolysis) is 1. The molecule has 1 atom stereocenters. The second-order valence-electron chi connectivity index (χ2n) is 6.70. The molecule has 6 nitrogen and oxygen atoms in total. The maximum absolute atomic E-state index is 12.2. The van der Waals surface area contributed by atoms with Crippen molar-refractivity contribution in [2.24, 2.45) is 0 Å². The van der Waals surface area contributed by atoms with Gasteiger partial charge in [-0.25, -0.2) is 4.79 Å². The van der Waals surface area contributed by atoms with Gasteiger partial charge < -0.3 is 19.9 Å². The van der Waals surface area contributed by atoms with E-state index < -0.39 is 18.1 Å². The van der Waals surface area contributed by atoms with E-state index in [9.17, 15) is 14.7 Å². The van der Waals surface area contributed by atoms with E-state index in [1.807, 2.05) is 60.7 Å². The SMILES string of the molecule is O=C(O)C[C@@H](NC(=O)OCc1ccccc1)c1cccc(OCc2ccccc2)c1. The largest absolute Gasteiger partial charge is 0.489 e. The molecule has 0 aliphatic rings. The quantitative estimate of drug-likeness (QED) is 0.539. The molecule has 3 aromatic rings. The Morgan fingerprint density at radius 3 is 2.10 bits per heavy atom. The Balaban J connectivity index is 1.63. The molecule has 2 N–H and O–H groups in total. The fourth-order valence-electron chi connectivity index (χ4n) is 2.90. The summed E-state index contributed by atoms with van der Waals surface area (Å²) in [6.45, 7) is 0.493. The van der Waals surface area contributed by atoms with Crippen LogP contribution in [-0.2, 0) is 22.7 Å². The smallest absolute Gasteiger partial charge is 0.407 e. The summed E-state index contributed by atoms with van der Waals surface area (Å²) in [6.07, 6.45) is -0.955. The molecule has 0 aliphatic heterocycles. The zero-order valence-corrected chi connectivity index (χ0v) is 16.4. The molecule has 0 aliphatic carbocycles. The Bertz CT molecular complexity index is 960. The molecular formula is C24H23NO5. The standard InChI is InChI=1S/C24H23NO5/c26-23(27)15-22(25-24(28)30-17-19-10-5-2-6-11-19)20-12-7-13-21(14-20)29-16-18-8-3-1-4-9-18/h1-14,22H,15-17H2,(H,25,28)(H,26,27)/t22-/m1/s1. The van der Waals surface area contributed by atoms with E-state index in [4.69, 9.17) is 9.47 Å². The van der Waals surface area contributed by atoms with Gasteiger partial charge in [-0.05, 0) is 28.8 Å². The Hall–Kier alpha value is -3.80. The monoisotopic (exact) mass is 405 g/mol. The first-order chi connectivity index (χ1) is 14.6. The van der Waals surface area contributed by atoms with Crippen LogP contribution in [0.4, 0.5) is 4.79 Å². The molecule has 30 heavy (non-hydrogen) atoms. The summed E-state index contributed by atoms with van der Waals surface area (Å²) in [5.41, 5.74) is 2.49. The maximum atomic E-state index is 12.2. The summed E-state index contributed by atoms with van der Waals surface area (Å²) < 4.78 is 11.0. The van der Waals surface area contributed by atoms with E-state index in [-0.39, 0.29) is 13.0 Å². The second kappa shape index (κ2) is 10.7. The average molecular weight is 405 g/mol. The van der Waals surface area contributed by atoms with Crippen LogP contribution in [0.2, 0.25) is 0 Å². The van der Waals surface area contributed by atoms with E-state index in [1.54, 1.807) is 24.3 Å². The Morgan fingerprint density at radius 1 is 0.833 bits per heavy atom. The fourth-order valence-corrected chi connectivity index (χ4v) is 2.90. The molecule has 0 aromatic heterocycles. The van der Waals surface area contributed by atoms with Crippen molar-refractivity contribution in [3.8, 4) is 5.75 Å². The zero-order chi connectivity index (χ0) is 21.2. The lowest BCUT2D eigenvalue weighted by Crippen LogP contribution is -2.30. The molecule has 0 unspecified atom stereocenters. The van der Waals surface area contributed by atoms with Crippen molar-refractivity contribution in [2.75, 3.05) is 0 Å². The lowest BCUT2D eigenvalue weighted by molar-refractivity contribution is -0.137. The number of aliphatic carboxylic acids is 1. The minimum absolute atomic E-state index is 0.104. The van der Waals surface area contributed by atoms with Crippen LogP contribution in [0.25, 0.3) is 0 Å². The van der Waals surface area contributed by atoms with Crippen LogP contribution >= 0.6 is 0 Å². The molecule has 0 bridgehead atoms. The normalized spacial score (nSPS) is 11.3. The van der Waals surface area contributed by atoms with Crippen molar-refractivity contribution >= 4 is 12.1 Å². The molecule has 154 valence electrons. The van der Waals surface area contributed by atoms with Crippen LogP contribution in [0, 0.1) is 0 Å². The molecule has 0 radical (unpaired) electrons. The van der Waals surface area contributed by atoms with Gasteiger partial charge in [-0.15, -0.1) is 0 Å². The third-order valence-electron chi connectivity index (χ3n) is 4.39. The second-order valence-corrected chi connectivity index (χ2v) is 6.70. The third-order valence-corrected chi connectivity index (χ3v) is 4.39. The fraction of sp³-hybridized carbons (Fsp3) is 0.167.